The van der Waals surface area contributed by atoms with E-state index in [1.807, 2.05) is 30.4 Å². The lowest BCUT2D eigenvalue weighted by Crippen LogP contribution is -2.45. The Hall–Kier alpha value is -3.91. The lowest BCUT2D eigenvalue weighted by atomic mass is 9.93. The fourth-order valence-corrected chi connectivity index (χ4v) is 8.33. The second-order valence-electron chi connectivity index (χ2n) is 15.9. The van der Waals surface area contributed by atoms with Crippen LogP contribution in [-0.2, 0) is 14.8 Å². The normalized spacial score (nSPS) is 18.8. The highest BCUT2D eigenvalue weighted by Crippen LogP contribution is 2.50. The number of anilines is 1. The standard InChI is InChI=1S/C37H50ClN7O6S/c1-36(2,3)51-35(47)44-23-24(22-37(44,4)5)8-7-19-39-29-9-6-10-32(40-29)52(48,49)43-34(46)28-15-16-30(41-33(28)38)45-20-17-31(42-45)50-21-18-27(25-11-12-25)26-13-14-26/h6,9-10,15-17,20,24-27H,7-8,11-14,18-19,21-23H2,1-5H3,(H,39,40)(H,43,46)/t24-/m0/s1. The topological polar surface area (TPSA) is 158 Å². The van der Waals surface area contributed by atoms with Gasteiger partial charge in [0.1, 0.15) is 16.6 Å². The minimum atomic E-state index is -4.33. The molecule has 1 aliphatic heterocycles. The van der Waals surface area contributed by atoms with Crippen LogP contribution in [0.15, 0.2) is 47.6 Å². The quantitative estimate of drug-likeness (QED) is 0.124. The molecule has 1 saturated heterocycles. The predicted molar refractivity (Wildman–Crippen MR) is 197 cm³/mol. The van der Waals surface area contributed by atoms with E-state index in [0.717, 1.165) is 43.4 Å². The lowest BCUT2D eigenvalue weighted by Gasteiger charge is -2.33. The fourth-order valence-electron chi connectivity index (χ4n) is 7.16. The molecule has 15 heteroatoms. The number of halogens is 1. The Bertz CT molecular complexity index is 1860. The van der Waals surface area contributed by atoms with Gasteiger partial charge in [0, 0.05) is 30.9 Å². The van der Waals surface area contributed by atoms with Crippen molar-refractivity contribution in [2.45, 2.75) is 102 Å². The molecule has 2 N–H and O–H groups in total. The first kappa shape index (κ1) is 37.8. The number of carbonyl (C=O) groups excluding carboxylic acids is 2. The van der Waals surface area contributed by atoms with Gasteiger partial charge in [-0.15, -0.1) is 5.10 Å². The number of ether oxygens (including phenoxy) is 2. The van der Waals surface area contributed by atoms with Gasteiger partial charge in [-0.1, -0.05) is 17.7 Å². The first-order valence-electron chi connectivity index (χ1n) is 18.2. The van der Waals surface area contributed by atoms with E-state index in [4.69, 9.17) is 21.1 Å². The molecule has 3 aromatic heterocycles. The molecule has 0 radical (unpaired) electrons. The maximum Gasteiger partial charge on any atom is 0.410 e. The molecular weight excluding hydrogens is 706 g/mol. The number of aromatic nitrogens is 4. The van der Waals surface area contributed by atoms with Gasteiger partial charge in [0.05, 0.1) is 12.2 Å². The molecule has 0 aromatic carbocycles. The predicted octanol–water partition coefficient (Wildman–Crippen LogP) is 6.87. The minimum Gasteiger partial charge on any atom is -0.477 e. The average molecular weight is 756 g/mol. The Balaban J connectivity index is 0.978. The van der Waals surface area contributed by atoms with Crippen LogP contribution in [0.2, 0.25) is 5.15 Å². The summed E-state index contributed by atoms with van der Waals surface area (Å²) in [6, 6.07) is 9.21. The highest BCUT2D eigenvalue weighted by Gasteiger charge is 2.43. The summed E-state index contributed by atoms with van der Waals surface area (Å²) in [5.74, 6) is 3.05. The van der Waals surface area contributed by atoms with Gasteiger partial charge in [-0.05, 0) is 134 Å². The molecule has 0 spiro atoms. The molecule has 6 rings (SSSR count). The second kappa shape index (κ2) is 15.2. The smallest absolute Gasteiger partial charge is 0.410 e. The van der Waals surface area contributed by atoms with Crippen molar-refractivity contribution in [2.24, 2.45) is 23.7 Å². The van der Waals surface area contributed by atoms with Crippen molar-refractivity contribution in [2.75, 3.05) is 25.0 Å². The molecule has 2 amide bonds. The van der Waals surface area contributed by atoms with Crippen molar-refractivity contribution >= 4 is 39.4 Å². The zero-order chi connectivity index (χ0) is 37.3. The van der Waals surface area contributed by atoms with Crippen molar-refractivity contribution in [3.63, 3.8) is 0 Å². The summed E-state index contributed by atoms with van der Waals surface area (Å²) in [5.41, 5.74) is -0.971. The van der Waals surface area contributed by atoms with Crippen LogP contribution in [0, 0.1) is 23.7 Å². The monoisotopic (exact) mass is 755 g/mol. The number of carbonyl (C=O) groups is 2. The Kier molecular flexibility index (Phi) is 11.1. The van der Waals surface area contributed by atoms with Crippen LogP contribution in [0.25, 0.3) is 5.82 Å². The molecule has 0 unspecified atom stereocenters. The van der Waals surface area contributed by atoms with Crippen LogP contribution in [0.4, 0.5) is 10.6 Å². The number of sulfonamides is 1. The van der Waals surface area contributed by atoms with Gasteiger partial charge in [0.15, 0.2) is 10.8 Å². The van der Waals surface area contributed by atoms with Gasteiger partial charge < -0.3 is 19.7 Å². The molecule has 3 fully saturated rings. The number of nitrogens with zero attached hydrogens (tertiary/aromatic N) is 5. The molecule has 3 aromatic rings. The molecule has 13 nitrogen and oxygen atoms in total. The zero-order valence-corrected chi connectivity index (χ0v) is 32.2. The highest BCUT2D eigenvalue weighted by molar-refractivity contribution is 7.90. The summed E-state index contributed by atoms with van der Waals surface area (Å²) in [6.45, 7) is 11.5. The summed E-state index contributed by atoms with van der Waals surface area (Å²) in [6.07, 6.45) is 10.3. The van der Waals surface area contributed by atoms with E-state index < -0.39 is 21.5 Å². The van der Waals surface area contributed by atoms with Crippen LogP contribution < -0.4 is 14.8 Å². The van der Waals surface area contributed by atoms with E-state index in [1.165, 1.54) is 48.6 Å². The number of pyridine rings is 2. The minimum absolute atomic E-state index is 0.113. The Morgan fingerprint density at radius 2 is 1.79 bits per heavy atom. The number of rotatable bonds is 15. The summed E-state index contributed by atoms with van der Waals surface area (Å²) >= 11 is 6.36. The second-order valence-corrected chi connectivity index (χ2v) is 17.9. The third-order valence-corrected chi connectivity index (χ3v) is 11.4. The molecule has 3 aliphatic rings. The molecular formula is C37H50ClN7O6S. The van der Waals surface area contributed by atoms with E-state index >= 15 is 0 Å². The van der Waals surface area contributed by atoms with Gasteiger partial charge >= 0.3 is 6.09 Å². The maximum atomic E-state index is 13.2. The zero-order valence-electron chi connectivity index (χ0n) is 30.6. The van der Waals surface area contributed by atoms with Gasteiger partial charge in [-0.3, -0.25) is 4.79 Å². The Morgan fingerprint density at radius 1 is 1.06 bits per heavy atom. The number of nitrogens with one attached hydrogen (secondary N) is 2. The number of amides is 2. The van der Waals surface area contributed by atoms with Crippen molar-refractivity contribution in [1.82, 2.24) is 29.4 Å². The largest absolute Gasteiger partial charge is 0.477 e. The van der Waals surface area contributed by atoms with Crippen molar-refractivity contribution in [3.8, 4) is 11.7 Å². The number of likely N-dealkylation sites (tertiary alicyclic amines) is 1. The van der Waals surface area contributed by atoms with Crippen LogP contribution in [0.1, 0.15) is 96.3 Å². The first-order valence-corrected chi connectivity index (χ1v) is 20.1. The third kappa shape index (κ3) is 9.74. The average Bonchev–Trinajstić information content (AvgIpc) is 4.00. The van der Waals surface area contributed by atoms with E-state index in [9.17, 15) is 18.0 Å². The van der Waals surface area contributed by atoms with E-state index in [2.05, 4.69) is 34.2 Å². The fraction of sp³-hybridized carbons (Fsp3) is 0.595. The highest BCUT2D eigenvalue weighted by atomic mass is 35.5. The lowest BCUT2D eigenvalue weighted by molar-refractivity contribution is 0.0130. The Labute approximate surface area is 311 Å². The van der Waals surface area contributed by atoms with Crippen LogP contribution in [-0.4, -0.2) is 75.9 Å². The van der Waals surface area contributed by atoms with Gasteiger partial charge in [-0.2, -0.15) is 8.42 Å². The molecule has 282 valence electrons. The van der Waals surface area contributed by atoms with Gasteiger partial charge in [0.2, 0.25) is 5.88 Å². The number of hydrogen-bond donors (Lipinski definition) is 2. The summed E-state index contributed by atoms with van der Waals surface area (Å²) in [7, 11) is -4.33. The van der Waals surface area contributed by atoms with E-state index in [1.54, 1.807) is 24.4 Å². The third-order valence-electron chi connectivity index (χ3n) is 9.93. The molecule has 2 aliphatic carbocycles. The summed E-state index contributed by atoms with van der Waals surface area (Å²) in [4.78, 5) is 36.1. The molecule has 1 atom stereocenters. The number of hydrogen-bond acceptors (Lipinski definition) is 10. The van der Waals surface area contributed by atoms with Crippen molar-refractivity contribution < 1.29 is 27.5 Å². The molecule has 0 bridgehead atoms. The molecule has 52 heavy (non-hydrogen) atoms. The van der Waals surface area contributed by atoms with Gasteiger partial charge in [0.25, 0.3) is 15.9 Å². The summed E-state index contributed by atoms with van der Waals surface area (Å²) in [5, 5.41) is 7.11. The maximum absolute atomic E-state index is 13.2. The first-order chi connectivity index (χ1) is 24.6. The molecule has 2 saturated carbocycles. The van der Waals surface area contributed by atoms with Crippen LogP contribution >= 0.6 is 11.6 Å². The van der Waals surface area contributed by atoms with Gasteiger partial charge in [-0.25, -0.2) is 24.2 Å². The Morgan fingerprint density at radius 3 is 2.46 bits per heavy atom. The van der Waals surface area contributed by atoms with Crippen molar-refractivity contribution in [3.05, 3.63) is 53.3 Å². The van der Waals surface area contributed by atoms with Crippen LogP contribution in [0.3, 0.4) is 0 Å². The summed E-state index contributed by atoms with van der Waals surface area (Å²) < 4.78 is 41.4. The molecule has 4 heterocycles. The van der Waals surface area contributed by atoms with E-state index in [-0.39, 0.29) is 27.4 Å². The van der Waals surface area contributed by atoms with Crippen LogP contribution in [0.5, 0.6) is 5.88 Å². The van der Waals surface area contributed by atoms with Crippen molar-refractivity contribution in [1.29, 1.82) is 0 Å². The van der Waals surface area contributed by atoms with E-state index in [0.29, 0.717) is 43.1 Å². The SMILES string of the molecule is CC(C)(C)OC(=O)N1C[C@@H](CCCNc2cccc(S(=O)(=O)NC(=O)c3ccc(-n4ccc(OCCC(C5CC5)C5CC5)n4)nc3Cl)n2)CC1(C)C.